The molecule has 0 saturated heterocycles. The molecule has 0 bridgehead atoms. The summed E-state index contributed by atoms with van der Waals surface area (Å²) in [6.45, 7) is 4.11. The van der Waals surface area contributed by atoms with Crippen LogP contribution in [0.4, 0.5) is 0 Å². The van der Waals surface area contributed by atoms with Crippen LogP contribution in [0.25, 0.3) is 39.1 Å². The first-order valence-electron chi connectivity index (χ1n) is 10.2. The maximum absolute atomic E-state index is 12.7. The molecule has 5 rings (SSSR count). The highest BCUT2D eigenvalue weighted by Gasteiger charge is 2.14. The Morgan fingerprint density at radius 1 is 0.848 bits per heavy atom. The van der Waals surface area contributed by atoms with E-state index >= 15 is 0 Å². The van der Waals surface area contributed by atoms with Gasteiger partial charge in [-0.15, -0.1) is 0 Å². The maximum atomic E-state index is 12.7. The fourth-order valence-electron chi connectivity index (χ4n) is 3.65. The van der Waals surface area contributed by atoms with Crippen molar-refractivity contribution in [1.82, 2.24) is 0 Å². The summed E-state index contributed by atoms with van der Waals surface area (Å²) in [5.74, 6) is 0.546. The summed E-state index contributed by atoms with van der Waals surface area (Å²) < 4.78 is 17.6. The highest BCUT2D eigenvalue weighted by Crippen LogP contribution is 2.30. The number of halogens is 1. The summed E-state index contributed by atoms with van der Waals surface area (Å²) in [7, 11) is 0. The van der Waals surface area contributed by atoms with Crippen molar-refractivity contribution in [1.29, 1.82) is 0 Å². The van der Waals surface area contributed by atoms with Gasteiger partial charge in [0.15, 0.2) is 0 Å². The lowest BCUT2D eigenvalue weighted by Gasteiger charge is -2.09. The van der Waals surface area contributed by atoms with E-state index in [1.807, 2.05) is 30.3 Å². The third-order valence-electron chi connectivity index (χ3n) is 5.32. The monoisotopic (exact) mass is 500 g/mol. The van der Waals surface area contributed by atoms with E-state index in [1.54, 1.807) is 42.5 Å². The average molecular weight is 501 g/mol. The van der Waals surface area contributed by atoms with E-state index in [2.05, 4.69) is 22.5 Å². The fraction of sp³-hybridized carbons (Fsp3) is 0.0370. The highest BCUT2D eigenvalue weighted by molar-refractivity contribution is 9.10. The number of fused-ring (bicyclic) bond motifs is 2. The quantitative estimate of drug-likeness (QED) is 0.256. The van der Waals surface area contributed by atoms with Crippen molar-refractivity contribution in [2.75, 3.05) is 0 Å². The molecule has 5 aromatic rings. The van der Waals surface area contributed by atoms with Gasteiger partial charge in [0.05, 0.1) is 5.56 Å². The second kappa shape index (κ2) is 8.56. The van der Waals surface area contributed by atoms with Gasteiger partial charge in [0.2, 0.25) is 0 Å². The molecule has 6 heteroatoms. The minimum atomic E-state index is -0.566. The zero-order valence-corrected chi connectivity index (χ0v) is 18.9. The van der Waals surface area contributed by atoms with Gasteiger partial charge in [-0.05, 0) is 47.5 Å². The molecule has 0 radical (unpaired) electrons. The number of hydrogen-bond acceptors (Lipinski definition) is 5. The molecule has 0 aliphatic heterocycles. The second-order valence-electron chi connectivity index (χ2n) is 7.50. The van der Waals surface area contributed by atoms with Gasteiger partial charge in [-0.25, -0.2) is 9.59 Å². The average Bonchev–Trinajstić information content (AvgIpc) is 2.82. The van der Waals surface area contributed by atoms with Crippen LogP contribution in [-0.4, -0.2) is 0 Å². The third kappa shape index (κ3) is 4.25. The van der Waals surface area contributed by atoms with Gasteiger partial charge < -0.3 is 13.6 Å². The van der Waals surface area contributed by atoms with E-state index in [0.717, 1.165) is 21.0 Å². The van der Waals surface area contributed by atoms with Crippen molar-refractivity contribution in [2.45, 2.75) is 6.61 Å². The van der Waals surface area contributed by atoms with E-state index in [1.165, 1.54) is 6.07 Å². The molecule has 0 amide bonds. The Bertz CT molecular complexity index is 1630. The van der Waals surface area contributed by atoms with Gasteiger partial charge in [-0.1, -0.05) is 52.9 Å². The first kappa shape index (κ1) is 21.0. The molecule has 33 heavy (non-hydrogen) atoms. The Hall–Kier alpha value is -3.90. The van der Waals surface area contributed by atoms with Gasteiger partial charge in [0, 0.05) is 32.9 Å². The van der Waals surface area contributed by atoms with Crippen LogP contribution in [0.15, 0.2) is 102 Å². The van der Waals surface area contributed by atoms with Crippen molar-refractivity contribution in [3.8, 4) is 16.9 Å². The Morgan fingerprint density at radius 2 is 1.67 bits per heavy atom. The van der Waals surface area contributed by atoms with Crippen molar-refractivity contribution in [3.63, 3.8) is 0 Å². The minimum absolute atomic E-state index is 0.287. The predicted octanol–water partition coefficient (Wildman–Crippen LogP) is 6.55. The molecule has 0 unspecified atom stereocenters. The number of rotatable bonds is 5. The minimum Gasteiger partial charge on any atom is -0.489 e. The van der Waals surface area contributed by atoms with Crippen LogP contribution >= 0.6 is 15.9 Å². The number of ether oxygens (including phenoxy) is 1. The molecule has 0 atom stereocenters. The van der Waals surface area contributed by atoms with Crippen LogP contribution < -0.4 is 16.0 Å². The summed E-state index contributed by atoms with van der Waals surface area (Å²) in [5, 5.41) is 1.35. The van der Waals surface area contributed by atoms with Crippen molar-refractivity contribution in [3.05, 3.63) is 116 Å². The SMILES string of the molecule is C=Cc1ccc(COc2ccc3c(-c4cc5cc(Br)ccc5oc4=O)cc(=O)oc3c2)cc1. The Balaban J connectivity index is 1.54. The normalized spacial score (nSPS) is 11.1. The summed E-state index contributed by atoms with van der Waals surface area (Å²) in [4.78, 5) is 25.0. The van der Waals surface area contributed by atoms with Gasteiger partial charge >= 0.3 is 11.3 Å². The number of hydrogen-bond donors (Lipinski definition) is 0. The highest BCUT2D eigenvalue weighted by atomic mass is 79.9. The van der Waals surface area contributed by atoms with Crippen LogP contribution in [0.5, 0.6) is 5.75 Å². The fourth-order valence-corrected chi connectivity index (χ4v) is 4.03. The van der Waals surface area contributed by atoms with E-state index in [4.69, 9.17) is 13.6 Å². The Morgan fingerprint density at radius 3 is 2.45 bits per heavy atom. The first-order chi connectivity index (χ1) is 16.0. The zero-order chi connectivity index (χ0) is 22.9. The lowest BCUT2D eigenvalue weighted by molar-refractivity contribution is 0.306. The van der Waals surface area contributed by atoms with Crippen LogP contribution in [-0.2, 0) is 6.61 Å². The van der Waals surface area contributed by atoms with Gasteiger partial charge in [0.1, 0.15) is 23.5 Å². The van der Waals surface area contributed by atoms with Crippen LogP contribution in [0.3, 0.4) is 0 Å². The molecule has 3 aromatic carbocycles. The molecular weight excluding hydrogens is 484 g/mol. The molecule has 5 nitrogen and oxygen atoms in total. The lowest BCUT2D eigenvalue weighted by atomic mass is 10.0. The van der Waals surface area contributed by atoms with Crippen LogP contribution in [0.2, 0.25) is 0 Å². The molecule has 0 aliphatic carbocycles. The smallest absolute Gasteiger partial charge is 0.344 e. The summed E-state index contributed by atoms with van der Waals surface area (Å²) >= 11 is 3.43. The van der Waals surface area contributed by atoms with Crippen LogP contribution in [0.1, 0.15) is 11.1 Å². The molecule has 162 valence electrons. The maximum Gasteiger partial charge on any atom is 0.344 e. The third-order valence-corrected chi connectivity index (χ3v) is 5.81. The molecule has 0 fully saturated rings. The topological polar surface area (TPSA) is 69.7 Å². The molecular formula is C27H17BrO5. The molecule has 0 N–H and O–H groups in total. The summed E-state index contributed by atoms with van der Waals surface area (Å²) in [6, 6.07) is 21.5. The summed E-state index contributed by atoms with van der Waals surface area (Å²) in [5.41, 5.74) is 2.46. The Labute approximate surface area is 196 Å². The first-order valence-corrected chi connectivity index (χ1v) is 11.0. The van der Waals surface area contributed by atoms with E-state index in [0.29, 0.717) is 34.5 Å². The largest absolute Gasteiger partial charge is 0.489 e. The van der Waals surface area contributed by atoms with Crippen molar-refractivity contribution >= 4 is 43.9 Å². The van der Waals surface area contributed by atoms with Crippen LogP contribution in [0, 0.1) is 0 Å². The molecule has 0 aliphatic rings. The second-order valence-corrected chi connectivity index (χ2v) is 8.42. The predicted molar refractivity (Wildman–Crippen MR) is 133 cm³/mol. The Kier molecular flexibility index (Phi) is 5.44. The van der Waals surface area contributed by atoms with E-state index in [-0.39, 0.29) is 5.56 Å². The molecule has 0 spiro atoms. The standard InChI is InChI=1S/C27H17BrO5/c1-2-16-3-5-17(6-4-16)15-31-20-8-9-21-22(14-26(29)32-25(21)13-20)23-12-18-11-19(28)7-10-24(18)33-27(23)30/h2-14H,1,15H2. The molecule has 2 heterocycles. The summed E-state index contributed by atoms with van der Waals surface area (Å²) in [6.07, 6.45) is 1.78. The molecule has 0 saturated carbocycles. The van der Waals surface area contributed by atoms with E-state index in [9.17, 15) is 9.59 Å². The van der Waals surface area contributed by atoms with Crippen molar-refractivity contribution < 1.29 is 13.6 Å². The molecule has 2 aromatic heterocycles. The van der Waals surface area contributed by atoms with E-state index < -0.39 is 11.3 Å². The zero-order valence-electron chi connectivity index (χ0n) is 17.3. The lowest BCUT2D eigenvalue weighted by Crippen LogP contribution is -2.06. The van der Waals surface area contributed by atoms with Gasteiger partial charge in [0.25, 0.3) is 0 Å². The number of benzene rings is 3. The van der Waals surface area contributed by atoms with Crippen molar-refractivity contribution in [2.24, 2.45) is 0 Å². The van der Waals surface area contributed by atoms with Gasteiger partial charge in [-0.2, -0.15) is 0 Å². The van der Waals surface area contributed by atoms with Gasteiger partial charge in [-0.3, -0.25) is 0 Å².